The van der Waals surface area contributed by atoms with Crippen molar-refractivity contribution in [2.75, 3.05) is 67.6 Å². The number of nitrogens with zero attached hydrogens (tertiary/aromatic N) is 2. The number of esters is 2. The van der Waals surface area contributed by atoms with Crippen LogP contribution in [0.15, 0.2) is 0 Å². The van der Waals surface area contributed by atoms with E-state index in [0.29, 0.717) is 35.3 Å². The van der Waals surface area contributed by atoms with E-state index in [0.717, 1.165) is 51.9 Å². The van der Waals surface area contributed by atoms with Crippen molar-refractivity contribution in [2.45, 2.75) is 117 Å². The van der Waals surface area contributed by atoms with Gasteiger partial charge in [0.25, 0.3) is 0 Å². The number of hydrogen-bond donors (Lipinski definition) is 0. The number of quaternary nitrogens is 2. The van der Waals surface area contributed by atoms with Crippen LogP contribution in [-0.2, 0) is 32.2 Å². The van der Waals surface area contributed by atoms with Crippen LogP contribution in [0.4, 0.5) is 0 Å². The molecule has 0 aliphatic rings. The monoisotopic (exact) mass is 717 g/mol. The maximum atomic E-state index is 12.3. The molecule has 0 saturated carbocycles. The van der Waals surface area contributed by atoms with Gasteiger partial charge in [0.1, 0.15) is 13.1 Å². The first kappa shape index (κ1) is 48.4. The van der Waals surface area contributed by atoms with E-state index >= 15 is 0 Å². The van der Waals surface area contributed by atoms with Crippen molar-refractivity contribution >= 4 is 32.1 Å². The fourth-order valence-corrected chi connectivity index (χ4v) is 4.33. The normalized spacial score (nSPS) is 11.1. The summed E-state index contributed by atoms with van der Waals surface area (Å²) in [4.78, 5) is 24.6. The van der Waals surface area contributed by atoms with E-state index in [4.69, 9.17) is 9.47 Å². The summed E-state index contributed by atoms with van der Waals surface area (Å²) in [6, 6.07) is 0. The number of hydrogen-bond acceptors (Lipinski definition) is 4. The summed E-state index contributed by atoms with van der Waals surface area (Å²) in [5, 5.41) is 0. The Kier molecular flexibility index (Phi) is 39.5. The number of unbranched alkanes of at least 4 members (excludes halogenated alkanes) is 14. The Hall–Kier alpha value is 0.539. The molecule has 0 aromatic carbocycles. The van der Waals surface area contributed by atoms with Crippen LogP contribution in [0.25, 0.3) is 0 Å². The van der Waals surface area contributed by atoms with Crippen molar-refractivity contribution < 1.29 is 66.0 Å². The van der Waals surface area contributed by atoms with E-state index in [1.54, 1.807) is 0 Å². The van der Waals surface area contributed by atoms with Crippen molar-refractivity contribution in [2.24, 2.45) is 0 Å². The number of likely N-dealkylation sites (N-methyl/N-ethyl adjacent to an activating group) is 2. The molecule has 0 bridgehead atoms. The van der Waals surface area contributed by atoms with Gasteiger partial charge in [-0.2, -0.15) is 0 Å². The predicted molar refractivity (Wildman–Crippen MR) is 163 cm³/mol. The predicted octanol–water partition coefficient (Wildman–Crippen LogP) is 1.89. The van der Waals surface area contributed by atoms with Crippen LogP contribution >= 0.6 is 20.2 Å². The van der Waals surface area contributed by atoms with Gasteiger partial charge in [0.05, 0.1) is 41.4 Å². The molecule has 11 heteroatoms. The fraction of sp³-hybridized carbons (Fsp3) is 0.933. The summed E-state index contributed by atoms with van der Waals surface area (Å²) in [5.41, 5.74) is 0. The van der Waals surface area contributed by atoms with Crippen LogP contribution in [-0.4, -0.2) is 88.5 Å². The Bertz CT molecular complexity index is 541. The molecule has 0 fully saturated rings. The van der Waals surface area contributed by atoms with E-state index in [-0.39, 0.29) is 36.8 Å². The van der Waals surface area contributed by atoms with Crippen LogP contribution in [0, 0.1) is 0 Å². The van der Waals surface area contributed by atoms with Crippen LogP contribution in [0.1, 0.15) is 117 Å². The third-order valence-electron chi connectivity index (χ3n) is 6.95. The molecule has 0 aromatic heterocycles. The summed E-state index contributed by atoms with van der Waals surface area (Å²) in [7, 11) is 17.6. The molecule has 0 saturated heterocycles. The molecule has 6 nitrogen and oxygen atoms in total. The van der Waals surface area contributed by atoms with Gasteiger partial charge in [-0.15, -0.1) is 0 Å². The summed E-state index contributed by atoms with van der Waals surface area (Å²) in [6.45, 7) is 7.85. The number of halogens is 4. The quantitative estimate of drug-likeness (QED) is 0.0627. The Balaban J connectivity index is -0.00000130. The molecule has 0 heterocycles. The topological polar surface area (TPSA) is 52.6 Å². The zero-order valence-corrected chi connectivity index (χ0v) is 30.9. The zero-order chi connectivity index (χ0) is 29.8. The minimum atomic E-state index is -0.127. The Labute approximate surface area is 280 Å². The van der Waals surface area contributed by atoms with Gasteiger partial charge >= 0.3 is 45.3 Å². The Morgan fingerprint density at radius 1 is 0.537 bits per heavy atom. The summed E-state index contributed by atoms with van der Waals surface area (Å²) in [6.07, 6.45) is 19.8. The van der Waals surface area contributed by atoms with Crippen LogP contribution in [0.5, 0.6) is 0 Å². The molecule has 0 unspecified atom stereocenters. The Morgan fingerprint density at radius 3 is 1.05 bits per heavy atom. The molecule has 255 valence electrons. The van der Waals surface area contributed by atoms with Crippen LogP contribution in [0.2, 0.25) is 0 Å². The van der Waals surface area contributed by atoms with Crippen molar-refractivity contribution in [3.63, 3.8) is 0 Å². The van der Waals surface area contributed by atoms with Gasteiger partial charge in [0, 0.05) is 0 Å². The van der Waals surface area contributed by atoms with Gasteiger partial charge < -0.3 is 43.3 Å². The molecule has 0 aliphatic heterocycles. The third-order valence-corrected chi connectivity index (χ3v) is 6.95. The average molecular weight is 720 g/mol. The van der Waals surface area contributed by atoms with Gasteiger partial charge in [0.2, 0.25) is 0 Å². The van der Waals surface area contributed by atoms with Gasteiger partial charge in [-0.05, 0) is 12.8 Å². The second-order valence-corrected chi connectivity index (χ2v) is 13.6. The first-order valence-electron chi connectivity index (χ1n) is 15.3. The summed E-state index contributed by atoms with van der Waals surface area (Å²) in [5.74, 6) is -0.254. The number of carbonyl (C=O) groups is 2. The van der Waals surface area contributed by atoms with Crippen molar-refractivity contribution in [1.29, 1.82) is 0 Å². The van der Waals surface area contributed by atoms with Crippen molar-refractivity contribution in [3.8, 4) is 0 Å². The molecule has 0 radical (unpaired) electrons. The van der Waals surface area contributed by atoms with Gasteiger partial charge in [-0.3, -0.25) is 0 Å². The maximum absolute atomic E-state index is 12.3. The summed E-state index contributed by atoms with van der Waals surface area (Å²) >= 11 is 0.757. The third kappa shape index (κ3) is 38.5. The molecule has 0 rings (SSSR count). The number of rotatable bonds is 25. The average Bonchev–Trinajstić information content (AvgIpc) is 2.85. The minimum absolute atomic E-state index is 0. The van der Waals surface area contributed by atoms with E-state index in [1.165, 1.54) is 77.0 Å². The van der Waals surface area contributed by atoms with Crippen LogP contribution < -0.4 is 24.8 Å². The van der Waals surface area contributed by atoms with Gasteiger partial charge in [0.15, 0.2) is 13.1 Å². The van der Waals surface area contributed by atoms with E-state index < -0.39 is 0 Å². The first-order valence-corrected chi connectivity index (χ1v) is 17.9. The standard InChI is InChI=1S/C30H62N2O4.4ClH.Cu/c1-7-9-11-13-15-17-19-21-25-35-29(33)27-31(3,4)23-24-32(5,6)28-30(34)36-26-22-20-18-16-14-12-10-8-2;;;;;/h7-28H2,1-6H3;4*1H;/q+2;;;;;+2/p-4. The zero-order valence-electron chi connectivity index (χ0n) is 26.9. The second-order valence-electron chi connectivity index (χ2n) is 12.1. The van der Waals surface area contributed by atoms with Crippen LogP contribution in [0.3, 0.4) is 0 Å². The molecular weight excluding hydrogens is 658 g/mol. The molecule has 0 aromatic rings. The van der Waals surface area contributed by atoms with Gasteiger partial charge in [-0.1, -0.05) is 104 Å². The molecule has 0 aliphatic carbocycles. The van der Waals surface area contributed by atoms with Crippen molar-refractivity contribution in [3.05, 3.63) is 0 Å². The molecule has 0 atom stereocenters. The van der Waals surface area contributed by atoms with E-state index in [1.807, 2.05) is 0 Å². The fourth-order valence-electron chi connectivity index (χ4n) is 4.33. The van der Waals surface area contributed by atoms with E-state index in [2.05, 4.69) is 62.2 Å². The van der Waals surface area contributed by atoms with E-state index in [9.17, 15) is 9.59 Å². The molecule has 0 spiro atoms. The van der Waals surface area contributed by atoms with Gasteiger partial charge in [-0.25, -0.2) is 9.59 Å². The second kappa shape index (κ2) is 33.4. The van der Waals surface area contributed by atoms with Crippen molar-refractivity contribution in [1.82, 2.24) is 0 Å². The molecule has 0 amide bonds. The molecular formula is C30H62Cl4CuN2O4. The first-order chi connectivity index (χ1) is 18.5. The molecule has 0 N–H and O–H groups in total. The Morgan fingerprint density at radius 2 is 0.780 bits per heavy atom. The number of carbonyl (C=O) groups excluding carboxylic acids is 2. The summed E-state index contributed by atoms with van der Waals surface area (Å²) < 4.78 is 12.1. The SMILES string of the molecule is CCCCCCCCCCOC(=O)C[N+](C)(C)CC[N+](C)(C)CC(=O)OCCCCCCCCCC.[Cl-].[Cl-].[Cl][Cu][Cl]. The molecule has 41 heavy (non-hydrogen) atoms. The number of ether oxygens (including phenoxy) is 2.